The molecular weight excluding hydrogens is 437 g/mol. The Bertz CT molecular complexity index is 1040. The minimum Gasteiger partial charge on any atom is -0.295 e. The molecule has 170 valence electrons. The fourth-order valence-electron chi connectivity index (χ4n) is 3.38. The van der Waals surface area contributed by atoms with E-state index < -0.39 is 29.3 Å². The highest BCUT2D eigenvalue weighted by atomic mass is 19.4. The average Bonchev–Trinajstić information content (AvgIpc) is 2.72. The van der Waals surface area contributed by atoms with Gasteiger partial charge < -0.3 is 0 Å². The Morgan fingerprint density at radius 1 is 0.812 bits per heavy atom. The van der Waals surface area contributed by atoms with Gasteiger partial charge in [-0.2, -0.15) is 26.3 Å². The third-order valence-electron chi connectivity index (χ3n) is 4.96. The lowest BCUT2D eigenvalue weighted by Crippen LogP contribution is -2.23. The lowest BCUT2D eigenvalue weighted by Gasteiger charge is -2.23. The molecule has 0 spiro atoms. The molecule has 0 amide bonds. The van der Waals surface area contributed by atoms with Crippen LogP contribution < -0.4 is 0 Å². The van der Waals surface area contributed by atoms with Crippen LogP contribution in [0.5, 0.6) is 0 Å². The summed E-state index contributed by atoms with van der Waals surface area (Å²) in [6, 6.07) is 9.28. The molecule has 0 aliphatic carbocycles. The summed E-state index contributed by atoms with van der Waals surface area (Å²) in [6.45, 7) is 2.07. The van der Waals surface area contributed by atoms with Gasteiger partial charge in [0.25, 0.3) is 0 Å². The van der Waals surface area contributed by atoms with Crippen molar-refractivity contribution in [3.8, 4) is 11.1 Å². The number of alkyl halides is 6. The molecular formula is C23H19F7N2. The lowest BCUT2D eigenvalue weighted by atomic mass is 10.0. The molecule has 0 N–H and O–H groups in total. The maximum Gasteiger partial charge on any atom is 0.416 e. The topological polar surface area (TPSA) is 16.1 Å². The van der Waals surface area contributed by atoms with E-state index in [4.69, 9.17) is 0 Å². The number of aromatic nitrogens is 1. The van der Waals surface area contributed by atoms with Crippen molar-refractivity contribution >= 4 is 0 Å². The molecule has 0 unspecified atom stereocenters. The first-order valence-corrected chi connectivity index (χ1v) is 9.67. The SMILES string of the molecule is CCN(Cc1cc(C(F)(F)F)cc(C(F)(F)F)c1)Cc1cnccc1-c1ccccc1F. The Hall–Kier alpha value is -2.94. The number of nitrogens with zero attached hydrogens (tertiary/aromatic N) is 2. The fraction of sp³-hybridized carbons (Fsp3) is 0.261. The van der Waals surface area contributed by atoms with E-state index in [9.17, 15) is 30.7 Å². The molecule has 3 aromatic rings. The van der Waals surface area contributed by atoms with Gasteiger partial charge in [-0.25, -0.2) is 4.39 Å². The van der Waals surface area contributed by atoms with Gasteiger partial charge in [-0.15, -0.1) is 0 Å². The van der Waals surface area contributed by atoms with E-state index in [0.29, 0.717) is 23.2 Å². The van der Waals surface area contributed by atoms with Crippen LogP contribution in [0, 0.1) is 5.82 Å². The van der Waals surface area contributed by atoms with Crippen LogP contribution >= 0.6 is 0 Å². The summed E-state index contributed by atoms with van der Waals surface area (Å²) in [4.78, 5) is 5.70. The second kappa shape index (κ2) is 9.28. The zero-order valence-electron chi connectivity index (χ0n) is 16.9. The molecule has 1 aromatic heterocycles. The largest absolute Gasteiger partial charge is 0.416 e. The molecule has 0 atom stereocenters. The first kappa shape index (κ1) is 23.7. The van der Waals surface area contributed by atoms with Crippen molar-refractivity contribution in [2.24, 2.45) is 0 Å². The second-order valence-electron chi connectivity index (χ2n) is 7.23. The molecule has 0 radical (unpaired) electrons. The predicted molar refractivity (Wildman–Crippen MR) is 106 cm³/mol. The summed E-state index contributed by atoms with van der Waals surface area (Å²) in [5, 5.41) is 0. The standard InChI is InChI=1S/C23H19F7N2/c1-2-32(13-15-9-17(22(25,26)27)11-18(10-15)23(28,29)30)14-16-12-31-8-7-19(16)20-5-3-4-6-21(20)24/h3-12H,2,13-14H2,1H3. The van der Waals surface area contributed by atoms with Crippen LogP contribution in [0.3, 0.4) is 0 Å². The normalized spacial score (nSPS) is 12.4. The van der Waals surface area contributed by atoms with Crippen LogP contribution in [0.4, 0.5) is 30.7 Å². The van der Waals surface area contributed by atoms with Gasteiger partial charge in [0.2, 0.25) is 0 Å². The first-order chi connectivity index (χ1) is 15.0. The third kappa shape index (κ3) is 5.64. The maximum absolute atomic E-state index is 14.3. The highest BCUT2D eigenvalue weighted by molar-refractivity contribution is 5.67. The van der Waals surface area contributed by atoms with E-state index in [1.54, 1.807) is 36.1 Å². The molecule has 0 saturated carbocycles. The average molecular weight is 456 g/mol. The smallest absolute Gasteiger partial charge is 0.295 e. The van der Waals surface area contributed by atoms with Crippen LogP contribution in [0.2, 0.25) is 0 Å². The molecule has 9 heteroatoms. The number of halogens is 7. The Morgan fingerprint density at radius 3 is 2.00 bits per heavy atom. The third-order valence-corrected chi connectivity index (χ3v) is 4.96. The van der Waals surface area contributed by atoms with Crippen molar-refractivity contribution in [3.05, 3.63) is 89.0 Å². The summed E-state index contributed by atoms with van der Waals surface area (Å²) >= 11 is 0. The quantitative estimate of drug-likeness (QED) is 0.373. The van der Waals surface area contributed by atoms with E-state index in [1.165, 1.54) is 18.5 Å². The number of hydrogen-bond acceptors (Lipinski definition) is 2. The predicted octanol–water partition coefficient (Wildman–Crippen LogP) is 6.95. The van der Waals surface area contributed by atoms with Crippen molar-refractivity contribution in [3.63, 3.8) is 0 Å². The monoisotopic (exact) mass is 456 g/mol. The van der Waals surface area contributed by atoms with Crippen molar-refractivity contribution in [1.82, 2.24) is 9.88 Å². The number of hydrogen-bond donors (Lipinski definition) is 0. The Morgan fingerprint density at radius 2 is 1.44 bits per heavy atom. The van der Waals surface area contributed by atoms with Crippen LogP contribution in [-0.2, 0) is 25.4 Å². The van der Waals surface area contributed by atoms with Crippen LogP contribution in [-0.4, -0.2) is 16.4 Å². The van der Waals surface area contributed by atoms with Gasteiger partial charge in [-0.3, -0.25) is 9.88 Å². The molecule has 1 heterocycles. The summed E-state index contributed by atoms with van der Waals surface area (Å²) < 4.78 is 93.2. The highest BCUT2D eigenvalue weighted by Gasteiger charge is 2.37. The highest BCUT2D eigenvalue weighted by Crippen LogP contribution is 2.36. The molecule has 2 nitrogen and oxygen atoms in total. The molecule has 32 heavy (non-hydrogen) atoms. The van der Waals surface area contributed by atoms with E-state index in [-0.39, 0.29) is 24.7 Å². The van der Waals surface area contributed by atoms with Crippen molar-refractivity contribution in [2.75, 3.05) is 6.54 Å². The Kier molecular flexibility index (Phi) is 6.88. The molecule has 0 saturated heterocycles. The van der Waals surface area contributed by atoms with Gasteiger partial charge in [-0.05, 0) is 53.6 Å². The summed E-state index contributed by atoms with van der Waals surface area (Å²) in [5.41, 5.74) is -1.35. The van der Waals surface area contributed by atoms with Gasteiger partial charge in [0.05, 0.1) is 11.1 Å². The first-order valence-electron chi connectivity index (χ1n) is 9.67. The summed E-state index contributed by atoms with van der Waals surface area (Å²) in [6.07, 6.45) is -6.81. The van der Waals surface area contributed by atoms with E-state index in [2.05, 4.69) is 4.98 Å². The number of rotatable bonds is 6. The zero-order chi connectivity index (χ0) is 23.5. The zero-order valence-corrected chi connectivity index (χ0v) is 16.9. The van der Waals surface area contributed by atoms with Crippen molar-refractivity contribution in [2.45, 2.75) is 32.4 Å². The van der Waals surface area contributed by atoms with Crippen LogP contribution in [0.25, 0.3) is 11.1 Å². The van der Waals surface area contributed by atoms with Gasteiger partial charge in [0.1, 0.15) is 5.82 Å². The molecule has 0 bridgehead atoms. The van der Waals surface area contributed by atoms with Crippen LogP contribution in [0.15, 0.2) is 60.9 Å². The molecule has 3 rings (SSSR count). The maximum atomic E-state index is 14.3. The van der Waals surface area contributed by atoms with Gasteiger partial charge in [0.15, 0.2) is 0 Å². The van der Waals surface area contributed by atoms with E-state index >= 15 is 0 Å². The van der Waals surface area contributed by atoms with E-state index in [1.807, 2.05) is 0 Å². The minimum absolute atomic E-state index is 0.108. The van der Waals surface area contributed by atoms with Gasteiger partial charge in [-0.1, -0.05) is 25.1 Å². The van der Waals surface area contributed by atoms with Crippen molar-refractivity contribution in [1.29, 1.82) is 0 Å². The number of pyridine rings is 1. The Labute approximate surface area is 180 Å². The summed E-state index contributed by atoms with van der Waals surface area (Å²) in [7, 11) is 0. The molecule has 2 aromatic carbocycles. The van der Waals surface area contributed by atoms with Crippen molar-refractivity contribution < 1.29 is 30.7 Å². The van der Waals surface area contributed by atoms with Crippen LogP contribution in [0.1, 0.15) is 29.2 Å². The minimum atomic E-state index is -4.91. The number of benzene rings is 2. The summed E-state index contributed by atoms with van der Waals surface area (Å²) in [5.74, 6) is -0.448. The lowest BCUT2D eigenvalue weighted by molar-refractivity contribution is -0.143. The molecule has 0 aliphatic heterocycles. The molecule has 0 fully saturated rings. The van der Waals surface area contributed by atoms with E-state index in [0.717, 1.165) is 12.1 Å². The van der Waals surface area contributed by atoms with Gasteiger partial charge in [0, 0.05) is 31.0 Å². The van der Waals surface area contributed by atoms with Gasteiger partial charge >= 0.3 is 12.4 Å². The molecule has 0 aliphatic rings. The second-order valence-corrected chi connectivity index (χ2v) is 7.23. The fourth-order valence-corrected chi connectivity index (χ4v) is 3.38. The Balaban J connectivity index is 1.93.